The molecule has 124 valence electrons. The molecule has 1 aliphatic heterocycles. The molecule has 1 aliphatic carbocycles. The Labute approximate surface area is 127 Å². The Hall–Kier alpha value is -0.690. The fraction of sp³-hybridized carbons (Fsp3) is 0.933. The molecule has 21 heavy (non-hydrogen) atoms. The van der Waals surface area contributed by atoms with E-state index in [2.05, 4.69) is 26.7 Å². The number of carbonyl (C=O) groups is 1. The summed E-state index contributed by atoms with van der Waals surface area (Å²) >= 11 is 0. The molecule has 1 saturated heterocycles. The highest BCUT2D eigenvalue weighted by molar-refractivity contribution is 5.84. The Bertz CT molecular complexity index is 364. The molecule has 6 nitrogen and oxygen atoms in total. The summed E-state index contributed by atoms with van der Waals surface area (Å²) in [5.41, 5.74) is -0.483. The smallest absolute Gasteiger partial charge is 0.243 e. The first-order chi connectivity index (χ1) is 9.86. The maximum atomic E-state index is 12.4. The van der Waals surface area contributed by atoms with Gasteiger partial charge in [-0.25, -0.2) is 5.90 Å². The largest absolute Gasteiger partial charge is 0.323 e. The number of likely N-dealkylation sites (N-methyl/N-ethyl adjacent to an activating group) is 1. The number of hydrogen-bond acceptors (Lipinski definition) is 5. The van der Waals surface area contributed by atoms with Crippen LogP contribution in [0.4, 0.5) is 0 Å². The van der Waals surface area contributed by atoms with Crippen molar-refractivity contribution in [3.8, 4) is 0 Å². The number of nitrogens with two attached hydrogens (primary N) is 1. The van der Waals surface area contributed by atoms with Crippen LogP contribution in [0.1, 0.15) is 53.4 Å². The number of carbonyl (C=O) groups excluding carboxylic acids is 1. The Morgan fingerprint density at radius 1 is 1.38 bits per heavy atom. The highest BCUT2D eigenvalue weighted by atomic mass is 16.5. The van der Waals surface area contributed by atoms with E-state index in [0.29, 0.717) is 24.2 Å². The van der Waals surface area contributed by atoms with Gasteiger partial charge in [0.1, 0.15) is 11.7 Å². The van der Waals surface area contributed by atoms with Gasteiger partial charge in [-0.3, -0.25) is 4.79 Å². The molecule has 4 N–H and O–H groups in total. The predicted molar refractivity (Wildman–Crippen MR) is 80.5 cm³/mol. The summed E-state index contributed by atoms with van der Waals surface area (Å²) in [5, 5.41) is 18.6. The average Bonchev–Trinajstić information content (AvgIpc) is 2.63. The van der Waals surface area contributed by atoms with Crippen LogP contribution in [0.2, 0.25) is 0 Å². The Morgan fingerprint density at radius 2 is 1.95 bits per heavy atom. The minimum absolute atomic E-state index is 0.0738. The van der Waals surface area contributed by atoms with E-state index in [4.69, 9.17) is 5.21 Å². The van der Waals surface area contributed by atoms with Crippen molar-refractivity contribution in [1.29, 1.82) is 0 Å². The standard InChI is InChI=1S/C15H28N2O2.H3NO/c1-6-13-14(18)16(5)15(17(13)19)9-11(4)7-8-12(15)10(2)3;1-2/h10-13,19H,6-9H2,1-5H3;2H,1H2/t11-,12+,13+,15+;/m1./s1. The summed E-state index contributed by atoms with van der Waals surface area (Å²) in [6.45, 7) is 8.60. The first-order valence-electron chi connectivity index (χ1n) is 7.87. The van der Waals surface area contributed by atoms with Crippen LogP contribution in [0.15, 0.2) is 0 Å². The van der Waals surface area contributed by atoms with Gasteiger partial charge >= 0.3 is 0 Å². The minimum atomic E-state index is -0.483. The summed E-state index contributed by atoms with van der Waals surface area (Å²) in [4.78, 5) is 14.3. The van der Waals surface area contributed by atoms with Gasteiger partial charge in [-0.05, 0) is 31.1 Å². The van der Waals surface area contributed by atoms with Gasteiger partial charge in [0.2, 0.25) is 5.91 Å². The molecule has 0 radical (unpaired) electrons. The fourth-order valence-electron chi connectivity index (χ4n) is 4.27. The van der Waals surface area contributed by atoms with Crippen LogP contribution in [0.25, 0.3) is 0 Å². The zero-order chi connectivity index (χ0) is 16.4. The molecule has 1 spiro atoms. The second-order valence-corrected chi connectivity index (χ2v) is 6.78. The third kappa shape index (κ3) is 2.82. The zero-order valence-electron chi connectivity index (χ0n) is 13.9. The average molecular weight is 301 g/mol. The lowest BCUT2D eigenvalue weighted by Crippen LogP contribution is -2.61. The summed E-state index contributed by atoms with van der Waals surface area (Å²) in [6, 6.07) is -0.364. The molecule has 4 atom stereocenters. The first kappa shape index (κ1) is 18.4. The third-order valence-corrected chi connectivity index (χ3v) is 5.29. The van der Waals surface area contributed by atoms with Crippen molar-refractivity contribution in [3.63, 3.8) is 0 Å². The maximum absolute atomic E-state index is 12.4. The number of hydrogen-bond donors (Lipinski definition) is 3. The highest BCUT2D eigenvalue weighted by Gasteiger charge is 2.60. The Morgan fingerprint density at radius 3 is 2.38 bits per heavy atom. The highest BCUT2D eigenvalue weighted by Crippen LogP contribution is 2.49. The number of amides is 1. The van der Waals surface area contributed by atoms with Gasteiger partial charge in [0, 0.05) is 13.0 Å². The topological polar surface area (TPSA) is 90.0 Å². The van der Waals surface area contributed by atoms with E-state index in [9.17, 15) is 10.0 Å². The van der Waals surface area contributed by atoms with Crippen LogP contribution in [-0.2, 0) is 4.79 Å². The number of hydroxylamine groups is 2. The van der Waals surface area contributed by atoms with Gasteiger partial charge in [-0.15, -0.1) is 0 Å². The summed E-state index contributed by atoms with van der Waals surface area (Å²) in [7, 11) is 1.87. The number of nitrogens with zero attached hydrogens (tertiary/aromatic N) is 2. The van der Waals surface area contributed by atoms with Crippen LogP contribution in [-0.4, -0.2) is 45.0 Å². The first-order valence-corrected chi connectivity index (χ1v) is 7.87. The van der Waals surface area contributed by atoms with Crippen LogP contribution < -0.4 is 5.90 Å². The summed E-state index contributed by atoms with van der Waals surface area (Å²) in [5.74, 6) is 4.94. The second-order valence-electron chi connectivity index (χ2n) is 6.78. The van der Waals surface area contributed by atoms with Gasteiger partial charge in [0.05, 0.1) is 0 Å². The zero-order valence-corrected chi connectivity index (χ0v) is 13.9. The molecule has 2 fully saturated rings. The van der Waals surface area contributed by atoms with Crippen LogP contribution in [0.3, 0.4) is 0 Å². The van der Waals surface area contributed by atoms with Crippen molar-refractivity contribution < 1.29 is 15.2 Å². The molecule has 2 rings (SSSR count). The molecule has 0 aromatic rings. The van der Waals surface area contributed by atoms with Crippen molar-refractivity contribution in [2.75, 3.05) is 7.05 Å². The van der Waals surface area contributed by atoms with Gasteiger partial charge in [-0.1, -0.05) is 34.1 Å². The molecule has 0 aromatic carbocycles. The van der Waals surface area contributed by atoms with E-state index in [1.807, 2.05) is 18.9 Å². The summed E-state index contributed by atoms with van der Waals surface area (Å²) < 4.78 is 0. The van der Waals surface area contributed by atoms with Crippen LogP contribution >= 0.6 is 0 Å². The monoisotopic (exact) mass is 301 g/mol. The van der Waals surface area contributed by atoms with Crippen molar-refractivity contribution in [2.24, 2.45) is 23.7 Å². The molecule has 1 heterocycles. The Balaban J connectivity index is 0.00000106. The normalized spacial score (nSPS) is 37.1. The van der Waals surface area contributed by atoms with Crippen molar-refractivity contribution in [3.05, 3.63) is 0 Å². The third-order valence-electron chi connectivity index (χ3n) is 5.29. The molecule has 0 bridgehead atoms. The molecule has 2 aliphatic rings. The maximum Gasteiger partial charge on any atom is 0.243 e. The fourth-order valence-corrected chi connectivity index (χ4v) is 4.27. The lowest BCUT2D eigenvalue weighted by Gasteiger charge is -2.51. The predicted octanol–water partition coefficient (Wildman–Crippen LogP) is 2.05. The number of rotatable bonds is 2. The molecular weight excluding hydrogens is 270 g/mol. The van der Waals surface area contributed by atoms with Crippen molar-refractivity contribution in [2.45, 2.75) is 65.1 Å². The van der Waals surface area contributed by atoms with Gasteiger partial charge < -0.3 is 15.3 Å². The van der Waals surface area contributed by atoms with Crippen molar-refractivity contribution in [1.82, 2.24) is 9.96 Å². The SMILES string of the molecule is CC[C@H]1C(=O)N(C)[C@@]2(C[C@H](C)CC[C@H]2C(C)C)N1O.NO. The van der Waals surface area contributed by atoms with Gasteiger partial charge in [-0.2, -0.15) is 5.06 Å². The molecule has 1 saturated carbocycles. The van der Waals surface area contributed by atoms with Crippen LogP contribution in [0.5, 0.6) is 0 Å². The van der Waals surface area contributed by atoms with Gasteiger partial charge in [0.15, 0.2) is 0 Å². The van der Waals surface area contributed by atoms with E-state index in [1.165, 1.54) is 11.5 Å². The minimum Gasteiger partial charge on any atom is -0.323 e. The molecule has 0 unspecified atom stereocenters. The Kier molecular flexibility index (Phi) is 6.16. The molecule has 0 aromatic heterocycles. The quantitative estimate of drug-likeness (QED) is 0.679. The molecule has 1 amide bonds. The van der Waals surface area contributed by atoms with E-state index >= 15 is 0 Å². The van der Waals surface area contributed by atoms with Crippen LogP contribution in [0, 0.1) is 17.8 Å². The second kappa shape index (κ2) is 7.05. The van der Waals surface area contributed by atoms with E-state index in [-0.39, 0.29) is 11.9 Å². The lowest BCUT2D eigenvalue weighted by atomic mass is 9.69. The molecular formula is C15H31N3O3. The summed E-state index contributed by atoms with van der Waals surface area (Å²) in [6.07, 6.45) is 3.83. The molecule has 6 heteroatoms. The van der Waals surface area contributed by atoms with E-state index in [1.54, 1.807) is 0 Å². The van der Waals surface area contributed by atoms with Gasteiger partial charge in [0.25, 0.3) is 0 Å². The lowest BCUT2D eigenvalue weighted by molar-refractivity contribution is -0.242. The van der Waals surface area contributed by atoms with E-state index in [0.717, 1.165) is 12.8 Å². The van der Waals surface area contributed by atoms with Crippen molar-refractivity contribution >= 4 is 5.91 Å². The van der Waals surface area contributed by atoms with E-state index < -0.39 is 5.66 Å².